The standard InChI is InChI=1S/C36H42Cl2FN5O2S/c1-20(2)30-32(34(46)43-22(4)8-13-28(43)33(45)42-17-16-40-36(19-42)14-15-36)47-35-41-29(23-7-5-6-21(3)25(37)11-9-23)31(44(30)35)24-10-12-26(38)27(39)18-24/h5,7,9-12,18,20-22,28-29,31,40H,6,8,13-17,19H2,1-4H3/t21?,22-,28+,29?,31-/m1/s1. The summed E-state index contributed by atoms with van der Waals surface area (Å²) in [6.45, 7) is 10.4. The van der Waals surface area contributed by atoms with Crippen molar-refractivity contribution in [2.75, 3.05) is 19.6 Å². The molecule has 2 unspecified atom stereocenters. The van der Waals surface area contributed by atoms with Crippen molar-refractivity contribution in [2.45, 2.75) is 89.5 Å². The molecule has 0 aromatic heterocycles. The lowest BCUT2D eigenvalue weighted by Crippen LogP contribution is -2.58. The van der Waals surface area contributed by atoms with Crippen LogP contribution in [0.5, 0.6) is 0 Å². The van der Waals surface area contributed by atoms with Crippen LogP contribution in [0.1, 0.15) is 71.4 Å². The van der Waals surface area contributed by atoms with E-state index in [2.05, 4.69) is 43.1 Å². The zero-order chi connectivity index (χ0) is 33.2. The van der Waals surface area contributed by atoms with Crippen LogP contribution in [0.2, 0.25) is 5.02 Å². The fourth-order valence-electron chi connectivity index (χ4n) is 7.71. The number of rotatable bonds is 5. The molecule has 3 fully saturated rings. The number of amides is 2. The zero-order valence-electron chi connectivity index (χ0n) is 27.3. The maximum Gasteiger partial charge on any atom is 0.263 e. The third kappa shape index (κ3) is 6.00. The number of halogens is 3. The van der Waals surface area contributed by atoms with Gasteiger partial charge in [0.15, 0.2) is 5.17 Å². The number of nitrogens with zero attached hydrogens (tertiary/aromatic N) is 4. The van der Waals surface area contributed by atoms with E-state index in [9.17, 15) is 9.59 Å². The molecule has 1 spiro atoms. The monoisotopic (exact) mass is 697 g/mol. The molecule has 250 valence electrons. The highest BCUT2D eigenvalue weighted by molar-refractivity contribution is 8.18. The number of piperazine rings is 1. The first kappa shape index (κ1) is 32.9. The Morgan fingerprint density at radius 1 is 1.15 bits per heavy atom. The summed E-state index contributed by atoms with van der Waals surface area (Å²) in [5.74, 6) is -0.390. The first-order chi connectivity index (χ1) is 22.5. The largest absolute Gasteiger partial charge is 0.338 e. The summed E-state index contributed by atoms with van der Waals surface area (Å²) in [6.07, 6.45) is 12.6. The van der Waals surface area contributed by atoms with Crippen molar-refractivity contribution >= 4 is 51.9 Å². The van der Waals surface area contributed by atoms with Crippen molar-refractivity contribution in [3.8, 4) is 0 Å². The second kappa shape index (κ2) is 12.7. The number of hydrogen-bond acceptors (Lipinski definition) is 6. The van der Waals surface area contributed by atoms with Crippen LogP contribution in [0.3, 0.4) is 0 Å². The Labute approximate surface area is 291 Å². The highest BCUT2D eigenvalue weighted by atomic mass is 35.5. The molecule has 4 heterocycles. The first-order valence-corrected chi connectivity index (χ1v) is 18.4. The predicted octanol–water partition coefficient (Wildman–Crippen LogP) is 7.16. The van der Waals surface area contributed by atoms with E-state index < -0.39 is 17.9 Å². The number of carbonyl (C=O) groups excluding carboxylic acids is 2. The van der Waals surface area contributed by atoms with Crippen LogP contribution in [0.15, 0.2) is 68.7 Å². The fourth-order valence-corrected chi connectivity index (χ4v) is 9.27. The third-order valence-electron chi connectivity index (χ3n) is 10.5. The summed E-state index contributed by atoms with van der Waals surface area (Å²) in [5, 5.41) is 5.11. The van der Waals surface area contributed by atoms with E-state index in [1.54, 1.807) is 6.07 Å². The Balaban J connectivity index is 1.25. The number of fused-ring (bicyclic) bond motifs is 1. The molecule has 6 aliphatic rings. The molecule has 5 atom stereocenters. The minimum absolute atomic E-state index is 0.0421. The van der Waals surface area contributed by atoms with Gasteiger partial charge in [-0.3, -0.25) is 14.6 Å². The lowest BCUT2D eigenvalue weighted by atomic mass is 9.90. The topological polar surface area (TPSA) is 68.2 Å². The SMILES string of the molecule is CC(C)C1=C(C(=O)N2[C@H](C)CC[C@H]2C(=O)N2CCNC3(CC3)C2)SC2=NC(C3=CC=C(Cl)C(C)CC=C3)[C@@H](c3ccc(Cl)c(F)c3)N21. The number of hydrogen-bond donors (Lipinski definition) is 1. The van der Waals surface area contributed by atoms with Crippen LogP contribution in [0.25, 0.3) is 0 Å². The van der Waals surface area contributed by atoms with Gasteiger partial charge in [-0.25, -0.2) is 4.39 Å². The van der Waals surface area contributed by atoms with Crippen LogP contribution in [-0.2, 0) is 9.59 Å². The lowest BCUT2D eigenvalue weighted by molar-refractivity contribution is -0.144. The van der Waals surface area contributed by atoms with Crippen molar-refractivity contribution in [2.24, 2.45) is 16.8 Å². The summed E-state index contributed by atoms with van der Waals surface area (Å²) in [6, 6.07) is 3.59. The number of allylic oxidation sites excluding steroid dienone is 5. The van der Waals surface area contributed by atoms with E-state index in [-0.39, 0.29) is 46.3 Å². The fraction of sp³-hybridized carbons (Fsp3) is 0.528. The van der Waals surface area contributed by atoms with E-state index in [1.807, 2.05) is 34.9 Å². The molecule has 1 saturated carbocycles. The van der Waals surface area contributed by atoms with Crippen molar-refractivity contribution in [3.05, 3.63) is 80.1 Å². The zero-order valence-corrected chi connectivity index (χ0v) is 29.6. The van der Waals surface area contributed by atoms with E-state index in [1.165, 1.54) is 17.8 Å². The van der Waals surface area contributed by atoms with Gasteiger partial charge in [0, 0.05) is 41.9 Å². The van der Waals surface area contributed by atoms with E-state index in [0.29, 0.717) is 29.6 Å². The number of thioether (sulfide) groups is 1. The molecule has 0 radical (unpaired) electrons. The third-order valence-corrected chi connectivity index (χ3v) is 12.4. The maximum absolute atomic E-state index is 15.0. The molecule has 47 heavy (non-hydrogen) atoms. The second-order valence-electron chi connectivity index (χ2n) is 14.2. The van der Waals surface area contributed by atoms with Gasteiger partial charge in [0.05, 0.1) is 11.1 Å². The lowest BCUT2D eigenvalue weighted by Gasteiger charge is -2.38. The van der Waals surface area contributed by atoms with Crippen LogP contribution in [0, 0.1) is 17.7 Å². The Bertz CT molecular complexity index is 1650. The molecule has 2 amide bonds. The van der Waals surface area contributed by atoms with Gasteiger partial charge < -0.3 is 20.0 Å². The summed E-state index contributed by atoms with van der Waals surface area (Å²) in [7, 11) is 0. The average Bonchev–Trinajstić information content (AvgIpc) is 3.34. The molecule has 7 rings (SSSR count). The second-order valence-corrected chi connectivity index (χ2v) is 16.0. The number of carbonyl (C=O) groups is 2. The number of benzene rings is 1. The molecule has 4 aliphatic heterocycles. The van der Waals surface area contributed by atoms with Gasteiger partial charge in [-0.05, 0) is 92.0 Å². The molecular weight excluding hydrogens is 656 g/mol. The molecule has 11 heteroatoms. The predicted molar refractivity (Wildman–Crippen MR) is 187 cm³/mol. The van der Waals surface area contributed by atoms with Crippen molar-refractivity contribution < 1.29 is 14.0 Å². The Morgan fingerprint density at radius 3 is 2.66 bits per heavy atom. The van der Waals surface area contributed by atoms with Gasteiger partial charge in [-0.15, -0.1) is 0 Å². The number of amidine groups is 1. The smallest absolute Gasteiger partial charge is 0.263 e. The van der Waals surface area contributed by atoms with Gasteiger partial charge in [0.25, 0.3) is 5.91 Å². The molecular formula is C36H42Cl2FN5O2S. The molecule has 0 bridgehead atoms. The molecule has 1 aromatic rings. The Hall–Kier alpha value is -2.59. The van der Waals surface area contributed by atoms with Crippen molar-refractivity contribution in [1.82, 2.24) is 20.0 Å². The van der Waals surface area contributed by atoms with Crippen LogP contribution in [0.4, 0.5) is 4.39 Å². The average molecular weight is 699 g/mol. The van der Waals surface area contributed by atoms with Crippen LogP contribution in [-0.4, -0.2) is 75.0 Å². The molecule has 1 aromatic carbocycles. The van der Waals surface area contributed by atoms with E-state index >= 15 is 4.39 Å². The normalized spacial score (nSPS) is 30.0. The van der Waals surface area contributed by atoms with Gasteiger partial charge in [0.2, 0.25) is 5.91 Å². The minimum atomic E-state index is -0.498. The molecule has 2 saturated heterocycles. The van der Waals surface area contributed by atoms with Crippen LogP contribution >= 0.6 is 35.0 Å². The highest BCUT2D eigenvalue weighted by Gasteiger charge is 2.52. The summed E-state index contributed by atoms with van der Waals surface area (Å²) < 4.78 is 15.0. The van der Waals surface area contributed by atoms with E-state index in [4.69, 9.17) is 28.2 Å². The minimum Gasteiger partial charge on any atom is -0.338 e. The Kier molecular flexibility index (Phi) is 8.90. The van der Waals surface area contributed by atoms with Gasteiger partial charge in [-0.2, -0.15) is 0 Å². The van der Waals surface area contributed by atoms with Crippen LogP contribution < -0.4 is 5.32 Å². The van der Waals surface area contributed by atoms with Crippen molar-refractivity contribution in [1.29, 1.82) is 0 Å². The maximum atomic E-state index is 15.0. The molecule has 1 N–H and O–H groups in total. The molecule has 7 nitrogen and oxygen atoms in total. The Morgan fingerprint density at radius 2 is 1.94 bits per heavy atom. The quantitative estimate of drug-likeness (QED) is 0.354. The highest BCUT2D eigenvalue weighted by Crippen LogP contribution is 2.51. The van der Waals surface area contributed by atoms with E-state index in [0.717, 1.165) is 54.1 Å². The number of likely N-dealkylation sites (tertiary alicyclic amines) is 1. The first-order valence-electron chi connectivity index (χ1n) is 16.8. The van der Waals surface area contributed by atoms with Gasteiger partial charge >= 0.3 is 0 Å². The summed E-state index contributed by atoms with van der Waals surface area (Å²) in [5.41, 5.74) is 2.59. The van der Waals surface area contributed by atoms with Gasteiger partial charge in [-0.1, -0.05) is 68.3 Å². The van der Waals surface area contributed by atoms with Crippen molar-refractivity contribution in [3.63, 3.8) is 0 Å². The summed E-state index contributed by atoms with van der Waals surface area (Å²) >= 11 is 14.1. The van der Waals surface area contributed by atoms with Gasteiger partial charge in [0.1, 0.15) is 22.8 Å². The molecule has 2 aliphatic carbocycles. The number of nitrogens with one attached hydrogen (secondary N) is 1. The summed E-state index contributed by atoms with van der Waals surface area (Å²) in [4.78, 5) is 40.4. The number of aliphatic imine (C=N–C) groups is 1.